The first-order valence-electron chi connectivity index (χ1n) is 6.15. The largest absolute Gasteiger partial charge is 0.384 e. The number of anilines is 2. The molecule has 2 aromatic rings. The van der Waals surface area contributed by atoms with E-state index < -0.39 is 5.82 Å². The van der Waals surface area contributed by atoms with Crippen molar-refractivity contribution in [3.63, 3.8) is 0 Å². The molecule has 1 aromatic heterocycles. The zero-order valence-corrected chi connectivity index (χ0v) is 10.8. The zero-order chi connectivity index (χ0) is 14.4. The normalized spacial score (nSPS) is 10.1. The summed E-state index contributed by atoms with van der Waals surface area (Å²) in [6.07, 6.45) is 0.571. The Kier molecular flexibility index (Phi) is 4.49. The summed E-state index contributed by atoms with van der Waals surface area (Å²) < 4.78 is 12.9. The molecule has 0 unspecified atom stereocenters. The Hall–Kier alpha value is -2.63. The van der Waals surface area contributed by atoms with Crippen molar-refractivity contribution in [1.29, 1.82) is 0 Å². The molecule has 0 saturated heterocycles. The van der Waals surface area contributed by atoms with Gasteiger partial charge in [0.15, 0.2) is 0 Å². The molecule has 0 radical (unpaired) electrons. The van der Waals surface area contributed by atoms with Crippen LogP contribution in [0.1, 0.15) is 5.69 Å². The van der Waals surface area contributed by atoms with Crippen LogP contribution in [0.4, 0.5) is 20.7 Å². The number of nitrogens with zero attached hydrogens (tertiary/aromatic N) is 1. The van der Waals surface area contributed by atoms with Crippen LogP contribution in [0.25, 0.3) is 0 Å². The molecular weight excluding hydrogens is 259 g/mol. The molecule has 0 spiro atoms. The number of carbonyl (C=O) groups is 1. The summed E-state index contributed by atoms with van der Waals surface area (Å²) in [6, 6.07) is 10.7. The van der Waals surface area contributed by atoms with E-state index in [0.717, 1.165) is 5.69 Å². The van der Waals surface area contributed by atoms with E-state index in [2.05, 4.69) is 15.6 Å². The van der Waals surface area contributed by atoms with Crippen LogP contribution in [-0.4, -0.2) is 17.6 Å². The topological polar surface area (TPSA) is 80.0 Å². The molecule has 0 fully saturated rings. The molecule has 0 saturated carbocycles. The number of pyridine rings is 1. The number of nitrogens with two attached hydrogens (primary N) is 1. The van der Waals surface area contributed by atoms with Crippen molar-refractivity contribution in [2.75, 3.05) is 17.6 Å². The third-order valence-corrected chi connectivity index (χ3v) is 2.58. The van der Waals surface area contributed by atoms with E-state index in [0.29, 0.717) is 24.5 Å². The average Bonchev–Trinajstić information content (AvgIpc) is 2.38. The molecule has 0 aliphatic rings. The van der Waals surface area contributed by atoms with E-state index in [9.17, 15) is 9.18 Å². The summed E-state index contributed by atoms with van der Waals surface area (Å²) in [7, 11) is 0. The number of rotatable bonds is 4. The Balaban J connectivity index is 1.78. The number of benzene rings is 1. The molecule has 2 rings (SSSR count). The number of nitrogens with one attached hydrogen (secondary N) is 2. The van der Waals surface area contributed by atoms with Gasteiger partial charge < -0.3 is 16.4 Å². The first kappa shape index (κ1) is 13.8. The van der Waals surface area contributed by atoms with E-state index in [1.54, 1.807) is 12.1 Å². The molecule has 5 nitrogen and oxygen atoms in total. The van der Waals surface area contributed by atoms with Crippen LogP contribution >= 0.6 is 0 Å². The fourth-order valence-corrected chi connectivity index (χ4v) is 1.68. The van der Waals surface area contributed by atoms with Crippen LogP contribution < -0.4 is 16.4 Å². The zero-order valence-electron chi connectivity index (χ0n) is 10.8. The number of hydrogen-bond donors (Lipinski definition) is 3. The predicted molar refractivity (Wildman–Crippen MR) is 75.8 cm³/mol. The van der Waals surface area contributed by atoms with Gasteiger partial charge in [0, 0.05) is 24.3 Å². The Bertz CT molecular complexity index is 603. The third kappa shape index (κ3) is 4.24. The second-order valence-electron chi connectivity index (χ2n) is 4.20. The number of amides is 2. The third-order valence-electron chi connectivity index (χ3n) is 2.58. The summed E-state index contributed by atoms with van der Waals surface area (Å²) in [4.78, 5) is 15.7. The van der Waals surface area contributed by atoms with Gasteiger partial charge in [0.2, 0.25) is 0 Å². The molecule has 0 atom stereocenters. The van der Waals surface area contributed by atoms with Gasteiger partial charge >= 0.3 is 6.03 Å². The Morgan fingerprint density at radius 2 is 2.05 bits per heavy atom. The number of nitrogen functional groups attached to an aromatic ring is 1. The number of carbonyl (C=O) groups excluding carboxylic acids is 1. The van der Waals surface area contributed by atoms with Gasteiger partial charge in [0.1, 0.15) is 11.6 Å². The van der Waals surface area contributed by atoms with Crippen molar-refractivity contribution in [1.82, 2.24) is 10.3 Å². The molecule has 0 bridgehead atoms. The van der Waals surface area contributed by atoms with Crippen LogP contribution in [-0.2, 0) is 6.42 Å². The standard InChI is InChI=1S/C14H15FN4O/c15-10-3-1-5-12(9-10)19-14(20)17-8-7-11-4-2-6-13(16)18-11/h1-6,9H,7-8H2,(H2,16,18)(H2,17,19,20). The number of hydrogen-bond acceptors (Lipinski definition) is 3. The smallest absolute Gasteiger partial charge is 0.319 e. The lowest BCUT2D eigenvalue weighted by atomic mass is 10.2. The molecule has 2 amide bonds. The molecular formula is C14H15FN4O. The van der Waals surface area contributed by atoms with E-state index in [1.165, 1.54) is 18.2 Å². The lowest BCUT2D eigenvalue weighted by Gasteiger charge is -2.07. The highest BCUT2D eigenvalue weighted by Gasteiger charge is 2.02. The molecule has 0 aliphatic carbocycles. The SMILES string of the molecule is Nc1cccc(CCNC(=O)Nc2cccc(F)c2)n1. The minimum absolute atomic E-state index is 0.389. The predicted octanol–water partition coefficient (Wildman–Crippen LogP) is 2.17. The van der Waals surface area contributed by atoms with Crippen molar-refractivity contribution in [3.05, 3.63) is 54.0 Å². The highest BCUT2D eigenvalue weighted by Crippen LogP contribution is 2.08. The van der Waals surface area contributed by atoms with Crippen LogP contribution in [0, 0.1) is 5.82 Å². The minimum atomic E-state index is -0.397. The van der Waals surface area contributed by atoms with Gasteiger partial charge in [-0.25, -0.2) is 14.2 Å². The Labute approximate surface area is 116 Å². The summed E-state index contributed by atoms with van der Waals surface area (Å²) in [5.74, 6) is 0.0541. The van der Waals surface area contributed by atoms with Crippen molar-refractivity contribution in [3.8, 4) is 0 Å². The van der Waals surface area contributed by atoms with Crippen LogP contribution in [0.3, 0.4) is 0 Å². The number of halogens is 1. The van der Waals surface area contributed by atoms with E-state index in [-0.39, 0.29) is 6.03 Å². The van der Waals surface area contributed by atoms with Crippen LogP contribution in [0.5, 0.6) is 0 Å². The first-order valence-corrected chi connectivity index (χ1v) is 6.15. The van der Waals surface area contributed by atoms with E-state index >= 15 is 0 Å². The summed E-state index contributed by atoms with van der Waals surface area (Å²) in [6.45, 7) is 0.414. The van der Waals surface area contributed by atoms with Gasteiger partial charge in [-0.1, -0.05) is 12.1 Å². The molecule has 6 heteroatoms. The summed E-state index contributed by atoms with van der Waals surface area (Å²) >= 11 is 0. The highest BCUT2D eigenvalue weighted by atomic mass is 19.1. The lowest BCUT2D eigenvalue weighted by Crippen LogP contribution is -2.30. The van der Waals surface area contributed by atoms with Crippen LogP contribution in [0.2, 0.25) is 0 Å². The summed E-state index contributed by atoms with van der Waals surface area (Å²) in [5, 5.41) is 5.21. The first-order chi connectivity index (χ1) is 9.63. The Morgan fingerprint density at radius 1 is 1.25 bits per heavy atom. The average molecular weight is 274 g/mol. The van der Waals surface area contributed by atoms with Gasteiger partial charge in [-0.3, -0.25) is 0 Å². The quantitative estimate of drug-likeness (QED) is 0.799. The van der Waals surface area contributed by atoms with Gasteiger partial charge in [-0.05, 0) is 30.3 Å². The van der Waals surface area contributed by atoms with Crippen molar-refractivity contribution >= 4 is 17.5 Å². The molecule has 0 aliphatic heterocycles. The van der Waals surface area contributed by atoms with E-state index in [4.69, 9.17) is 5.73 Å². The maximum absolute atomic E-state index is 12.9. The molecule has 4 N–H and O–H groups in total. The van der Waals surface area contributed by atoms with Gasteiger partial charge in [-0.15, -0.1) is 0 Å². The Morgan fingerprint density at radius 3 is 2.80 bits per heavy atom. The fraction of sp³-hybridized carbons (Fsp3) is 0.143. The molecule has 20 heavy (non-hydrogen) atoms. The number of urea groups is 1. The second-order valence-corrected chi connectivity index (χ2v) is 4.20. The monoisotopic (exact) mass is 274 g/mol. The van der Waals surface area contributed by atoms with Crippen LogP contribution in [0.15, 0.2) is 42.5 Å². The maximum atomic E-state index is 12.9. The van der Waals surface area contributed by atoms with Gasteiger partial charge in [-0.2, -0.15) is 0 Å². The van der Waals surface area contributed by atoms with E-state index in [1.807, 2.05) is 12.1 Å². The van der Waals surface area contributed by atoms with Crippen molar-refractivity contribution < 1.29 is 9.18 Å². The lowest BCUT2D eigenvalue weighted by molar-refractivity contribution is 0.252. The molecule has 1 heterocycles. The second kappa shape index (κ2) is 6.51. The maximum Gasteiger partial charge on any atom is 0.319 e. The highest BCUT2D eigenvalue weighted by molar-refractivity contribution is 5.89. The molecule has 104 valence electrons. The van der Waals surface area contributed by atoms with Crippen molar-refractivity contribution in [2.24, 2.45) is 0 Å². The summed E-state index contributed by atoms with van der Waals surface area (Å²) in [5.41, 5.74) is 6.77. The van der Waals surface area contributed by atoms with Gasteiger partial charge in [0.25, 0.3) is 0 Å². The number of aromatic nitrogens is 1. The minimum Gasteiger partial charge on any atom is -0.384 e. The molecule has 1 aromatic carbocycles. The van der Waals surface area contributed by atoms with Crippen molar-refractivity contribution in [2.45, 2.75) is 6.42 Å². The fourth-order valence-electron chi connectivity index (χ4n) is 1.68. The van der Waals surface area contributed by atoms with Gasteiger partial charge in [0.05, 0.1) is 0 Å².